The van der Waals surface area contributed by atoms with Crippen LogP contribution in [-0.4, -0.2) is 34.4 Å². The Kier molecular flexibility index (Phi) is 3.88. The molecule has 0 saturated carbocycles. The molecular formula is C20H16F2N4O3. The summed E-state index contributed by atoms with van der Waals surface area (Å²) < 4.78 is 38.0. The smallest absolute Gasteiger partial charge is 0.272 e. The highest BCUT2D eigenvalue weighted by atomic mass is 19.2. The number of amides is 1. The molecule has 2 aliphatic heterocycles. The first-order chi connectivity index (χ1) is 13.9. The predicted octanol–water partition coefficient (Wildman–Crippen LogP) is 2.73. The molecule has 0 fully saturated rings. The minimum Gasteiger partial charge on any atom is -0.491 e. The van der Waals surface area contributed by atoms with Crippen LogP contribution in [0.5, 0.6) is 5.75 Å². The van der Waals surface area contributed by atoms with E-state index in [2.05, 4.69) is 9.97 Å². The van der Waals surface area contributed by atoms with Gasteiger partial charge in [0.2, 0.25) is 0 Å². The van der Waals surface area contributed by atoms with Crippen LogP contribution in [0, 0.1) is 11.6 Å². The molecule has 2 aromatic heterocycles. The van der Waals surface area contributed by atoms with Gasteiger partial charge >= 0.3 is 0 Å². The number of carbonyl (C=O) groups excluding carboxylic acids is 1. The van der Waals surface area contributed by atoms with Gasteiger partial charge in [-0.2, -0.15) is 0 Å². The number of aromatic nitrogens is 2. The molecule has 29 heavy (non-hydrogen) atoms. The van der Waals surface area contributed by atoms with Gasteiger partial charge in [-0.05, 0) is 17.7 Å². The molecule has 1 amide bonds. The van der Waals surface area contributed by atoms with Crippen molar-refractivity contribution < 1.29 is 23.0 Å². The van der Waals surface area contributed by atoms with E-state index in [1.165, 1.54) is 11.1 Å². The zero-order valence-electron chi connectivity index (χ0n) is 15.4. The summed E-state index contributed by atoms with van der Waals surface area (Å²) >= 11 is 0. The van der Waals surface area contributed by atoms with E-state index in [4.69, 9.17) is 15.2 Å². The predicted molar refractivity (Wildman–Crippen MR) is 99.1 cm³/mol. The van der Waals surface area contributed by atoms with E-state index in [1.54, 1.807) is 13.1 Å². The van der Waals surface area contributed by atoms with Crippen LogP contribution in [-0.2, 0) is 18.0 Å². The molecule has 0 saturated heterocycles. The van der Waals surface area contributed by atoms with Crippen molar-refractivity contribution in [3.8, 4) is 5.75 Å². The number of likely N-dealkylation sites (N-methyl/N-ethyl adjacent to an activating group) is 1. The van der Waals surface area contributed by atoms with Gasteiger partial charge in [0, 0.05) is 29.6 Å². The molecule has 0 radical (unpaired) electrons. The highest BCUT2D eigenvalue weighted by Crippen LogP contribution is 2.37. The molecule has 2 aliphatic rings. The van der Waals surface area contributed by atoms with Gasteiger partial charge in [0.1, 0.15) is 23.9 Å². The van der Waals surface area contributed by atoms with Crippen LogP contribution in [0.15, 0.2) is 24.4 Å². The van der Waals surface area contributed by atoms with Crippen molar-refractivity contribution in [1.29, 1.82) is 0 Å². The average Bonchev–Trinajstić information content (AvgIpc) is 3.35. The van der Waals surface area contributed by atoms with Crippen LogP contribution in [0.1, 0.15) is 33.2 Å². The fraction of sp³-hybridized carbons (Fsp3) is 0.250. The largest absolute Gasteiger partial charge is 0.491 e. The van der Waals surface area contributed by atoms with Gasteiger partial charge < -0.3 is 20.1 Å². The van der Waals surface area contributed by atoms with E-state index >= 15 is 0 Å². The molecule has 4 heterocycles. The molecule has 148 valence electrons. The number of nitrogen functional groups attached to an aromatic ring is 1. The van der Waals surface area contributed by atoms with Crippen LogP contribution in [0.3, 0.4) is 0 Å². The van der Waals surface area contributed by atoms with E-state index in [1.807, 2.05) is 0 Å². The highest BCUT2D eigenvalue weighted by Gasteiger charge is 2.33. The van der Waals surface area contributed by atoms with Crippen molar-refractivity contribution in [2.75, 3.05) is 19.4 Å². The highest BCUT2D eigenvalue weighted by molar-refractivity contribution is 5.97. The second-order valence-electron chi connectivity index (χ2n) is 7.08. The molecule has 2 N–H and O–H groups in total. The molecule has 0 spiro atoms. The van der Waals surface area contributed by atoms with Gasteiger partial charge in [-0.1, -0.05) is 0 Å². The summed E-state index contributed by atoms with van der Waals surface area (Å²) in [6.45, 7) is 0.879. The molecule has 3 aromatic rings. The van der Waals surface area contributed by atoms with Crippen LogP contribution in [0.4, 0.5) is 14.6 Å². The van der Waals surface area contributed by atoms with Crippen molar-refractivity contribution in [2.45, 2.75) is 19.3 Å². The lowest BCUT2D eigenvalue weighted by Crippen LogP contribution is -2.32. The number of hydrogen-bond donors (Lipinski definition) is 1. The number of carbonyl (C=O) groups is 1. The van der Waals surface area contributed by atoms with Crippen molar-refractivity contribution in [3.63, 3.8) is 0 Å². The molecule has 5 rings (SSSR count). The number of hydrogen-bond acceptors (Lipinski definition) is 6. The fourth-order valence-electron chi connectivity index (χ4n) is 3.82. The summed E-state index contributed by atoms with van der Waals surface area (Å²) in [5, 5.41) is 0.759. The Bertz CT molecular complexity index is 1180. The molecule has 0 aliphatic carbocycles. The molecule has 7 nitrogen and oxygen atoms in total. The average molecular weight is 398 g/mol. The third kappa shape index (κ3) is 2.69. The molecule has 0 bridgehead atoms. The molecule has 0 unspecified atom stereocenters. The fourth-order valence-corrected chi connectivity index (χ4v) is 3.82. The Morgan fingerprint density at radius 3 is 2.79 bits per heavy atom. The maximum Gasteiger partial charge on any atom is 0.272 e. The van der Waals surface area contributed by atoms with E-state index < -0.39 is 17.7 Å². The number of nitrogens with two attached hydrogens (primary N) is 1. The third-order valence-corrected chi connectivity index (χ3v) is 5.43. The van der Waals surface area contributed by atoms with Crippen molar-refractivity contribution in [2.24, 2.45) is 0 Å². The van der Waals surface area contributed by atoms with Gasteiger partial charge in [0.15, 0.2) is 11.6 Å². The normalized spacial score (nSPS) is 17.1. The van der Waals surface area contributed by atoms with E-state index in [9.17, 15) is 13.6 Å². The van der Waals surface area contributed by atoms with E-state index in [0.717, 1.165) is 28.6 Å². The standard InChI is InChI=1S/C20H16F2N4O3/c1-26(17-8-29-18-4-14(22)13(21)2-10(17)18)20(27)15-3-9-11-6-28-7-12(11)19(23)25-16(9)5-24-15/h2-5,17H,6-8H2,1H3,(H2,23,25)/t17-/m1/s1. The van der Waals surface area contributed by atoms with Gasteiger partial charge in [0.25, 0.3) is 5.91 Å². The molecule has 1 aromatic carbocycles. The Morgan fingerprint density at radius 1 is 1.21 bits per heavy atom. The number of anilines is 1. The Labute approximate surface area is 164 Å². The minimum atomic E-state index is -0.988. The Morgan fingerprint density at radius 2 is 1.97 bits per heavy atom. The van der Waals surface area contributed by atoms with Crippen molar-refractivity contribution >= 4 is 22.6 Å². The number of rotatable bonds is 2. The Balaban J connectivity index is 1.51. The number of nitrogens with zero attached hydrogens (tertiary/aromatic N) is 3. The van der Waals surface area contributed by atoms with Crippen molar-refractivity contribution in [1.82, 2.24) is 14.9 Å². The van der Waals surface area contributed by atoms with Crippen molar-refractivity contribution in [3.05, 3.63) is 58.4 Å². The zero-order valence-corrected chi connectivity index (χ0v) is 15.4. The molecule has 1 atom stereocenters. The topological polar surface area (TPSA) is 90.6 Å². The van der Waals surface area contributed by atoms with Gasteiger partial charge in [0.05, 0.1) is 31.0 Å². The lowest BCUT2D eigenvalue weighted by atomic mass is 10.0. The third-order valence-electron chi connectivity index (χ3n) is 5.43. The van der Waals surface area contributed by atoms with Gasteiger partial charge in [-0.3, -0.25) is 4.79 Å². The second kappa shape index (κ2) is 6.35. The zero-order chi connectivity index (χ0) is 20.3. The lowest BCUT2D eigenvalue weighted by molar-refractivity contribution is 0.0702. The van der Waals surface area contributed by atoms with E-state index in [0.29, 0.717) is 30.1 Å². The summed E-state index contributed by atoms with van der Waals surface area (Å²) in [4.78, 5) is 23.0. The second-order valence-corrected chi connectivity index (χ2v) is 7.08. The number of halogens is 2. The number of fused-ring (bicyclic) bond motifs is 4. The quantitative estimate of drug-likeness (QED) is 0.714. The first-order valence-corrected chi connectivity index (χ1v) is 8.97. The lowest BCUT2D eigenvalue weighted by Gasteiger charge is -2.23. The monoisotopic (exact) mass is 398 g/mol. The minimum absolute atomic E-state index is 0.107. The maximum atomic E-state index is 13.7. The first kappa shape index (κ1) is 17.7. The van der Waals surface area contributed by atoms with Gasteiger partial charge in [-0.25, -0.2) is 18.7 Å². The van der Waals surface area contributed by atoms with Gasteiger partial charge in [-0.15, -0.1) is 0 Å². The molecule has 9 heteroatoms. The number of pyridine rings is 2. The molecular weight excluding hydrogens is 382 g/mol. The maximum absolute atomic E-state index is 13.7. The summed E-state index contributed by atoms with van der Waals surface area (Å²) in [7, 11) is 1.58. The first-order valence-electron chi connectivity index (χ1n) is 8.97. The van der Waals surface area contributed by atoms with E-state index in [-0.39, 0.29) is 24.0 Å². The Hall–Kier alpha value is -3.33. The van der Waals surface area contributed by atoms with Crippen LogP contribution in [0.25, 0.3) is 10.9 Å². The summed E-state index contributed by atoms with van der Waals surface area (Å²) in [6.07, 6.45) is 1.50. The summed E-state index contributed by atoms with van der Waals surface area (Å²) in [5.74, 6) is -1.71. The summed E-state index contributed by atoms with van der Waals surface area (Å²) in [5.41, 5.74) is 8.90. The summed E-state index contributed by atoms with van der Waals surface area (Å²) in [6, 6.07) is 3.17. The SMILES string of the molecule is CN(C(=O)c1cc2c3c(c(N)nc2cn1)COC3)[C@@H]1COc2cc(F)c(F)cc21. The van der Waals surface area contributed by atoms with Crippen LogP contribution in [0.2, 0.25) is 0 Å². The number of ether oxygens (including phenoxy) is 2. The number of benzene rings is 1. The van der Waals surface area contributed by atoms with Crippen LogP contribution < -0.4 is 10.5 Å². The van der Waals surface area contributed by atoms with Crippen LogP contribution >= 0.6 is 0 Å².